The molecular weight excluding hydrogens is 396 g/mol. The predicted octanol–water partition coefficient (Wildman–Crippen LogP) is 0.806. The first-order chi connectivity index (χ1) is 15.0. The van der Waals surface area contributed by atoms with E-state index >= 15 is 0 Å². The predicted molar refractivity (Wildman–Crippen MR) is 113 cm³/mol. The van der Waals surface area contributed by atoms with E-state index in [2.05, 4.69) is 10.6 Å². The number of carbonyl (C=O) groups is 4. The second-order valence-corrected chi connectivity index (χ2v) is 7.81. The number of fused-ring (bicyclic) bond motifs is 1. The molecule has 1 unspecified atom stereocenters. The van der Waals surface area contributed by atoms with Gasteiger partial charge in [0.1, 0.15) is 6.04 Å². The Morgan fingerprint density at radius 3 is 2.65 bits per heavy atom. The molecule has 8 nitrogen and oxygen atoms in total. The fourth-order valence-corrected chi connectivity index (χ4v) is 4.13. The molecule has 2 aliphatic heterocycles. The van der Waals surface area contributed by atoms with Crippen LogP contribution in [0.2, 0.25) is 0 Å². The maximum absolute atomic E-state index is 12.8. The van der Waals surface area contributed by atoms with Crippen molar-refractivity contribution in [3.8, 4) is 0 Å². The zero-order valence-corrected chi connectivity index (χ0v) is 17.0. The summed E-state index contributed by atoms with van der Waals surface area (Å²) in [4.78, 5) is 50.4. The van der Waals surface area contributed by atoms with Gasteiger partial charge in [0.25, 0.3) is 5.91 Å². The van der Waals surface area contributed by atoms with Gasteiger partial charge in [-0.2, -0.15) is 0 Å². The fourth-order valence-electron chi connectivity index (χ4n) is 4.13. The van der Waals surface area contributed by atoms with Gasteiger partial charge in [-0.25, -0.2) is 0 Å². The third kappa shape index (κ3) is 4.20. The van der Waals surface area contributed by atoms with Crippen molar-refractivity contribution >= 4 is 23.6 Å². The van der Waals surface area contributed by atoms with Crippen LogP contribution >= 0.6 is 0 Å². The van der Waals surface area contributed by atoms with Crippen LogP contribution < -0.4 is 16.4 Å². The van der Waals surface area contributed by atoms with Gasteiger partial charge >= 0.3 is 0 Å². The summed E-state index contributed by atoms with van der Waals surface area (Å²) in [5, 5.41) is 5.22. The molecule has 2 aromatic rings. The third-order valence-corrected chi connectivity index (χ3v) is 5.81. The lowest BCUT2D eigenvalue weighted by molar-refractivity contribution is -0.137. The Labute approximate surface area is 179 Å². The number of nitrogens with two attached hydrogens (primary N) is 1. The minimum atomic E-state index is -0.642. The standard InChI is InChI=1S/C23H24N4O4/c24-11-18(15-4-2-1-3-5-15)21(29)25-12-14-6-7-17-16(10-14)13-27(23(17)31)19-8-9-20(28)26-22(19)30/h1-7,10,18-19H,8-9,11-13,24H2,(H,25,29)(H,26,28,30)/t18-,19?/m0/s1. The van der Waals surface area contributed by atoms with Gasteiger partial charge < -0.3 is 16.0 Å². The molecule has 2 aliphatic rings. The highest BCUT2D eigenvalue weighted by Gasteiger charge is 2.39. The molecule has 0 spiro atoms. The minimum Gasteiger partial charge on any atom is -0.351 e. The first-order valence-electron chi connectivity index (χ1n) is 10.3. The van der Waals surface area contributed by atoms with Crippen LogP contribution in [0.5, 0.6) is 0 Å². The van der Waals surface area contributed by atoms with Crippen molar-refractivity contribution in [3.63, 3.8) is 0 Å². The Kier molecular flexibility index (Phi) is 5.81. The molecule has 0 aliphatic carbocycles. The first kappa shape index (κ1) is 20.7. The van der Waals surface area contributed by atoms with Crippen LogP contribution in [-0.4, -0.2) is 41.1 Å². The van der Waals surface area contributed by atoms with Crippen molar-refractivity contribution in [2.75, 3.05) is 6.54 Å². The monoisotopic (exact) mass is 420 g/mol. The average molecular weight is 420 g/mol. The van der Waals surface area contributed by atoms with Gasteiger partial charge in [-0.05, 0) is 29.2 Å². The molecule has 4 amide bonds. The van der Waals surface area contributed by atoms with E-state index in [0.29, 0.717) is 25.1 Å². The zero-order valence-electron chi connectivity index (χ0n) is 17.0. The number of benzene rings is 2. The maximum atomic E-state index is 12.8. The lowest BCUT2D eigenvalue weighted by Gasteiger charge is -2.29. The van der Waals surface area contributed by atoms with Crippen LogP contribution in [0.3, 0.4) is 0 Å². The van der Waals surface area contributed by atoms with Gasteiger partial charge in [-0.15, -0.1) is 0 Å². The van der Waals surface area contributed by atoms with Crippen LogP contribution in [0.1, 0.15) is 45.8 Å². The van der Waals surface area contributed by atoms with Gasteiger partial charge in [-0.1, -0.05) is 42.5 Å². The van der Waals surface area contributed by atoms with Gasteiger partial charge in [0, 0.05) is 31.6 Å². The van der Waals surface area contributed by atoms with Crippen molar-refractivity contribution in [1.29, 1.82) is 0 Å². The number of amides is 4. The molecule has 2 aromatic carbocycles. The van der Waals surface area contributed by atoms with E-state index in [-0.39, 0.29) is 30.7 Å². The van der Waals surface area contributed by atoms with Gasteiger partial charge in [0.05, 0.1) is 5.92 Å². The third-order valence-electron chi connectivity index (χ3n) is 5.81. The molecular formula is C23H24N4O4. The Bertz CT molecular complexity index is 1040. The van der Waals surface area contributed by atoms with Crippen LogP contribution in [0.25, 0.3) is 0 Å². The average Bonchev–Trinajstić information content (AvgIpc) is 3.09. The molecule has 0 aromatic heterocycles. The Morgan fingerprint density at radius 1 is 1.16 bits per heavy atom. The van der Waals surface area contributed by atoms with Crippen molar-refractivity contribution in [2.24, 2.45) is 5.73 Å². The summed E-state index contributed by atoms with van der Waals surface area (Å²) in [5.41, 5.74) is 8.88. The molecule has 8 heteroatoms. The number of imide groups is 1. The van der Waals surface area contributed by atoms with E-state index < -0.39 is 17.9 Å². The highest BCUT2D eigenvalue weighted by molar-refractivity contribution is 6.05. The quantitative estimate of drug-likeness (QED) is 0.597. The summed E-state index contributed by atoms with van der Waals surface area (Å²) in [6.07, 6.45) is 0.546. The van der Waals surface area contributed by atoms with Gasteiger partial charge in [0.15, 0.2) is 0 Å². The summed E-state index contributed by atoms with van der Waals surface area (Å²) >= 11 is 0. The second kappa shape index (κ2) is 8.69. The topological polar surface area (TPSA) is 122 Å². The zero-order chi connectivity index (χ0) is 22.0. The number of hydrogen-bond acceptors (Lipinski definition) is 5. The lowest BCUT2D eigenvalue weighted by Crippen LogP contribution is -2.52. The molecule has 1 saturated heterocycles. The van der Waals surface area contributed by atoms with E-state index in [1.54, 1.807) is 12.1 Å². The molecule has 4 rings (SSSR count). The number of rotatable bonds is 6. The minimum absolute atomic E-state index is 0.157. The van der Waals surface area contributed by atoms with E-state index in [1.807, 2.05) is 36.4 Å². The smallest absolute Gasteiger partial charge is 0.255 e. The van der Waals surface area contributed by atoms with Crippen molar-refractivity contribution in [2.45, 2.75) is 37.9 Å². The molecule has 0 saturated carbocycles. The Morgan fingerprint density at radius 2 is 1.94 bits per heavy atom. The maximum Gasteiger partial charge on any atom is 0.255 e. The van der Waals surface area contributed by atoms with Crippen LogP contribution in [0.4, 0.5) is 0 Å². The molecule has 1 fully saturated rings. The summed E-state index contributed by atoms with van der Waals surface area (Å²) in [5.74, 6) is -1.55. The Balaban J connectivity index is 1.42. The van der Waals surface area contributed by atoms with E-state index in [9.17, 15) is 19.2 Å². The van der Waals surface area contributed by atoms with Crippen molar-refractivity contribution < 1.29 is 19.2 Å². The molecule has 0 bridgehead atoms. The fraction of sp³-hybridized carbons (Fsp3) is 0.304. The number of hydrogen-bond donors (Lipinski definition) is 3. The highest BCUT2D eigenvalue weighted by atomic mass is 16.2. The van der Waals surface area contributed by atoms with Crippen LogP contribution in [-0.2, 0) is 27.5 Å². The number of nitrogens with one attached hydrogen (secondary N) is 2. The highest BCUT2D eigenvalue weighted by Crippen LogP contribution is 2.28. The molecule has 2 heterocycles. The normalized spacial score (nSPS) is 19.1. The number of piperidine rings is 1. The largest absolute Gasteiger partial charge is 0.351 e. The van der Waals surface area contributed by atoms with Gasteiger partial charge in [-0.3, -0.25) is 24.5 Å². The molecule has 2 atom stereocenters. The summed E-state index contributed by atoms with van der Waals surface area (Å²) < 4.78 is 0. The van der Waals surface area contributed by atoms with Gasteiger partial charge in [0.2, 0.25) is 17.7 Å². The SMILES string of the molecule is NC[C@H](C(=O)NCc1ccc2c(c1)CN(C1CCC(=O)NC1=O)C2=O)c1ccccc1. The summed E-state index contributed by atoms with van der Waals surface area (Å²) in [7, 11) is 0. The van der Waals surface area contributed by atoms with Crippen molar-refractivity contribution in [1.82, 2.24) is 15.5 Å². The van der Waals surface area contributed by atoms with Crippen LogP contribution in [0.15, 0.2) is 48.5 Å². The second-order valence-electron chi connectivity index (χ2n) is 7.81. The summed E-state index contributed by atoms with van der Waals surface area (Å²) in [6.45, 7) is 0.815. The Hall–Kier alpha value is -3.52. The molecule has 0 radical (unpaired) electrons. The van der Waals surface area contributed by atoms with Crippen molar-refractivity contribution in [3.05, 3.63) is 70.8 Å². The van der Waals surface area contributed by atoms with E-state index in [1.165, 1.54) is 4.90 Å². The molecule has 160 valence electrons. The van der Waals surface area contributed by atoms with E-state index in [4.69, 9.17) is 5.73 Å². The molecule has 4 N–H and O–H groups in total. The first-order valence-corrected chi connectivity index (χ1v) is 10.3. The summed E-state index contributed by atoms with van der Waals surface area (Å²) in [6, 6.07) is 14.1. The molecule has 31 heavy (non-hydrogen) atoms. The number of nitrogens with zero attached hydrogens (tertiary/aromatic N) is 1. The lowest BCUT2D eigenvalue weighted by atomic mass is 9.98. The number of carbonyl (C=O) groups excluding carboxylic acids is 4. The van der Waals surface area contributed by atoms with Crippen LogP contribution in [0, 0.1) is 0 Å². The van der Waals surface area contributed by atoms with E-state index in [0.717, 1.165) is 16.7 Å².